The smallest absolute Gasteiger partial charge is 0.139 e. The second kappa shape index (κ2) is 7.43. The zero-order chi connectivity index (χ0) is 18.8. The zero-order valence-electron chi connectivity index (χ0n) is 16.3. The van der Waals surface area contributed by atoms with Crippen molar-refractivity contribution in [3.05, 3.63) is 60.0 Å². The number of hydrogen-bond donors (Lipinski definition) is 1. The third-order valence-corrected chi connectivity index (χ3v) is 5.21. The molecule has 0 spiro atoms. The van der Waals surface area contributed by atoms with Crippen molar-refractivity contribution in [1.29, 1.82) is 0 Å². The second-order valence-corrected chi connectivity index (χ2v) is 7.54. The Hall–Kier alpha value is -2.82. The van der Waals surface area contributed by atoms with Crippen LogP contribution >= 0.6 is 0 Å². The van der Waals surface area contributed by atoms with Crippen molar-refractivity contribution in [1.82, 2.24) is 15.0 Å². The van der Waals surface area contributed by atoms with E-state index in [4.69, 9.17) is 0 Å². The number of nitrogens with zero attached hydrogens (tertiary/aromatic N) is 4. The van der Waals surface area contributed by atoms with Gasteiger partial charge >= 0.3 is 0 Å². The molecule has 0 atom stereocenters. The maximum absolute atomic E-state index is 4.69. The van der Waals surface area contributed by atoms with E-state index in [-0.39, 0.29) is 0 Å². The number of hydrogen-bond acceptors (Lipinski definition) is 4. The monoisotopic (exact) mass is 361 g/mol. The number of piperazine rings is 1. The van der Waals surface area contributed by atoms with Gasteiger partial charge in [-0.3, -0.25) is 0 Å². The van der Waals surface area contributed by atoms with Gasteiger partial charge in [-0.1, -0.05) is 31.5 Å². The van der Waals surface area contributed by atoms with Gasteiger partial charge in [0, 0.05) is 49.8 Å². The maximum atomic E-state index is 4.69. The molecule has 3 aromatic rings. The Balaban J connectivity index is 1.40. The summed E-state index contributed by atoms with van der Waals surface area (Å²) in [4.78, 5) is 17.4. The summed E-state index contributed by atoms with van der Waals surface area (Å²) < 4.78 is 0. The zero-order valence-corrected chi connectivity index (χ0v) is 16.3. The molecule has 1 aliphatic heterocycles. The number of H-pyrrole nitrogens is 1. The molecule has 0 radical (unpaired) electrons. The number of aryl methyl sites for hydroxylation is 1. The normalized spacial score (nSPS) is 14.8. The van der Waals surface area contributed by atoms with Crippen molar-refractivity contribution in [2.24, 2.45) is 0 Å². The number of rotatable bonds is 4. The van der Waals surface area contributed by atoms with Gasteiger partial charge in [-0.25, -0.2) is 9.97 Å². The Morgan fingerprint density at radius 3 is 2.22 bits per heavy atom. The third kappa shape index (κ3) is 3.82. The minimum absolute atomic E-state index is 0.423. The van der Waals surface area contributed by atoms with Crippen LogP contribution in [0.3, 0.4) is 0 Å². The minimum atomic E-state index is 0.423. The van der Waals surface area contributed by atoms with Crippen LogP contribution in [-0.2, 0) is 0 Å². The summed E-state index contributed by atoms with van der Waals surface area (Å²) in [6, 6.07) is 13.0. The lowest BCUT2D eigenvalue weighted by Crippen LogP contribution is -2.46. The molecule has 140 valence electrons. The minimum Gasteiger partial charge on any atom is -0.368 e. The first-order valence-corrected chi connectivity index (χ1v) is 9.68. The van der Waals surface area contributed by atoms with E-state index in [9.17, 15) is 0 Å². The Morgan fingerprint density at radius 2 is 1.63 bits per heavy atom. The van der Waals surface area contributed by atoms with Crippen LogP contribution in [0.4, 0.5) is 11.5 Å². The van der Waals surface area contributed by atoms with Gasteiger partial charge in [-0.2, -0.15) is 0 Å². The Kier molecular flexibility index (Phi) is 4.84. The van der Waals surface area contributed by atoms with E-state index < -0.39 is 0 Å². The molecule has 3 heterocycles. The standard InChI is InChI=1S/C22H27N5/c1-16(2)20-15-24-22(25-20)18-6-9-21(23-14-18)27-12-10-26(11-13-27)19-7-4-17(3)5-8-19/h4-9,14-16H,10-13H2,1-3H3,(H,24,25). The SMILES string of the molecule is Cc1ccc(N2CCN(c3ccc(-c4nc(C(C)C)c[nH]4)cn3)CC2)cc1. The predicted molar refractivity (Wildman–Crippen MR) is 112 cm³/mol. The fourth-order valence-electron chi connectivity index (χ4n) is 3.44. The first-order chi connectivity index (χ1) is 13.1. The largest absolute Gasteiger partial charge is 0.368 e. The Morgan fingerprint density at radius 1 is 0.926 bits per heavy atom. The van der Waals surface area contributed by atoms with E-state index in [1.165, 1.54) is 11.3 Å². The number of nitrogens with one attached hydrogen (secondary N) is 1. The summed E-state index contributed by atoms with van der Waals surface area (Å²) in [5, 5.41) is 0. The topological polar surface area (TPSA) is 48.0 Å². The van der Waals surface area contributed by atoms with Crippen molar-refractivity contribution in [2.45, 2.75) is 26.7 Å². The molecule has 1 N–H and O–H groups in total. The molecule has 0 bridgehead atoms. The molecule has 5 heteroatoms. The van der Waals surface area contributed by atoms with Crippen LogP contribution in [0.1, 0.15) is 31.0 Å². The van der Waals surface area contributed by atoms with E-state index in [1.807, 2.05) is 12.4 Å². The van der Waals surface area contributed by atoms with Crippen LogP contribution in [0.25, 0.3) is 11.4 Å². The average molecular weight is 361 g/mol. The highest BCUT2D eigenvalue weighted by molar-refractivity contribution is 5.57. The number of benzene rings is 1. The summed E-state index contributed by atoms with van der Waals surface area (Å²) in [6.07, 6.45) is 3.91. The van der Waals surface area contributed by atoms with E-state index in [0.717, 1.165) is 49.1 Å². The second-order valence-electron chi connectivity index (χ2n) is 7.54. The predicted octanol–water partition coefficient (Wildman–Crippen LogP) is 4.23. The van der Waals surface area contributed by atoms with Gasteiger partial charge < -0.3 is 14.8 Å². The molecule has 0 aliphatic carbocycles. The highest BCUT2D eigenvalue weighted by Gasteiger charge is 2.18. The van der Waals surface area contributed by atoms with Crippen molar-refractivity contribution in [3.63, 3.8) is 0 Å². The molecular formula is C22H27N5. The van der Waals surface area contributed by atoms with Gasteiger partial charge in [-0.15, -0.1) is 0 Å². The number of aromatic nitrogens is 3. The molecular weight excluding hydrogens is 334 g/mol. The van der Waals surface area contributed by atoms with Crippen molar-refractivity contribution < 1.29 is 0 Å². The highest BCUT2D eigenvalue weighted by atomic mass is 15.3. The maximum Gasteiger partial charge on any atom is 0.139 e. The Labute approximate surface area is 161 Å². The van der Waals surface area contributed by atoms with E-state index >= 15 is 0 Å². The number of anilines is 2. The first-order valence-electron chi connectivity index (χ1n) is 9.68. The molecule has 27 heavy (non-hydrogen) atoms. The van der Waals surface area contributed by atoms with Crippen molar-refractivity contribution >= 4 is 11.5 Å². The molecule has 1 aliphatic rings. The van der Waals surface area contributed by atoms with Gasteiger partial charge in [0.25, 0.3) is 0 Å². The molecule has 5 nitrogen and oxygen atoms in total. The van der Waals surface area contributed by atoms with Gasteiger partial charge in [-0.05, 0) is 37.1 Å². The lowest BCUT2D eigenvalue weighted by atomic mass is 10.2. The van der Waals surface area contributed by atoms with E-state index in [1.54, 1.807) is 0 Å². The lowest BCUT2D eigenvalue weighted by Gasteiger charge is -2.36. The molecule has 0 amide bonds. The van der Waals surface area contributed by atoms with Crippen LogP contribution in [0.2, 0.25) is 0 Å². The van der Waals surface area contributed by atoms with E-state index in [0.29, 0.717) is 5.92 Å². The molecule has 0 saturated carbocycles. The summed E-state index contributed by atoms with van der Waals surface area (Å²) in [6.45, 7) is 10.4. The summed E-state index contributed by atoms with van der Waals surface area (Å²) in [5.41, 5.74) is 4.73. The Bertz CT molecular complexity index is 872. The number of pyridine rings is 1. The molecule has 1 saturated heterocycles. The number of aromatic amines is 1. The fourth-order valence-corrected chi connectivity index (χ4v) is 3.44. The van der Waals surface area contributed by atoms with Gasteiger partial charge in [0.15, 0.2) is 0 Å². The summed E-state index contributed by atoms with van der Waals surface area (Å²) in [7, 11) is 0. The molecule has 0 unspecified atom stereocenters. The summed E-state index contributed by atoms with van der Waals surface area (Å²) >= 11 is 0. The van der Waals surface area contributed by atoms with Crippen LogP contribution < -0.4 is 9.80 Å². The number of imidazole rings is 1. The van der Waals surface area contributed by atoms with Crippen molar-refractivity contribution in [3.8, 4) is 11.4 Å². The molecule has 4 rings (SSSR count). The van der Waals surface area contributed by atoms with Crippen LogP contribution in [0, 0.1) is 6.92 Å². The fraction of sp³-hybridized carbons (Fsp3) is 0.364. The van der Waals surface area contributed by atoms with Gasteiger partial charge in [0.1, 0.15) is 11.6 Å². The highest BCUT2D eigenvalue weighted by Crippen LogP contribution is 2.23. The molecule has 2 aromatic heterocycles. The van der Waals surface area contributed by atoms with Crippen LogP contribution in [0.5, 0.6) is 0 Å². The van der Waals surface area contributed by atoms with Crippen LogP contribution in [0.15, 0.2) is 48.8 Å². The quantitative estimate of drug-likeness (QED) is 0.755. The van der Waals surface area contributed by atoms with E-state index in [2.05, 4.69) is 81.9 Å². The molecule has 1 fully saturated rings. The van der Waals surface area contributed by atoms with Crippen LogP contribution in [-0.4, -0.2) is 41.1 Å². The average Bonchev–Trinajstić information content (AvgIpc) is 3.20. The van der Waals surface area contributed by atoms with Gasteiger partial charge in [0.2, 0.25) is 0 Å². The third-order valence-electron chi connectivity index (χ3n) is 5.21. The summed E-state index contributed by atoms with van der Waals surface area (Å²) in [5.74, 6) is 2.35. The van der Waals surface area contributed by atoms with Crippen molar-refractivity contribution in [2.75, 3.05) is 36.0 Å². The first kappa shape index (κ1) is 17.6. The lowest BCUT2D eigenvalue weighted by molar-refractivity contribution is 0.647. The molecule has 1 aromatic carbocycles. The van der Waals surface area contributed by atoms with Gasteiger partial charge in [0.05, 0.1) is 5.69 Å².